The Labute approximate surface area is 178 Å². The summed E-state index contributed by atoms with van der Waals surface area (Å²) in [5.41, 5.74) is 5.11. The van der Waals surface area contributed by atoms with Gasteiger partial charge in [0.1, 0.15) is 6.54 Å². The second kappa shape index (κ2) is 8.82. The summed E-state index contributed by atoms with van der Waals surface area (Å²) in [6.07, 6.45) is 5.59. The van der Waals surface area contributed by atoms with Crippen LogP contribution in [0.1, 0.15) is 65.0 Å². The third kappa shape index (κ3) is 4.45. The number of benzene rings is 2. The van der Waals surface area contributed by atoms with Crippen LogP contribution in [-0.4, -0.2) is 27.0 Å². The molecule has 0 atom stereocenters. The van der Waals surface area contributed by atoms with Crippen molar-refractivity contribution < 1.29 is 9.32 Å². The summed E-state index contributed by atoms with van der Waals surface area (Å²) < 4.78 is 5.55. The van der Waals surface area contributed by atoms with Crippen molar-refractivity contribution in [2.45, 2.75) is 65.5 Å². The van der Waals surface area contributed by atoms with Gasteiger partial charge in [-0.15, -0.1) is 0 Å². The quantitative estimate of drug-likeness (QED) is 0.553. The Morgan fingerprint density at radius 3 is 2.57 bits per heavy atom. The Kier molecular flexibility index (Phi) is 5.98. The van der Waals surface area contributed by atoms with Gasteiger partial charge < -0.3 is 9.42 Å². The van der Waals surface area contributed by atoms with Gasteiger partial charge in [-0.05, 0) is 62.9 Å². The van der Waals surface area contributed by atoms with E-state index in [1.165, 1.54) is 12.0 Å². The van der Waals surface area contributed by atoms with Crippen molar-refractivity contribution in [3.8, 4) is 11.4 Å². The lowest BCUT2D eigenvalue weighted by molar-refractivity contribution is 0.0586. The van der Waals surface area contributed by atoms with Crippen LogP contribution in [0.3, 0.4) is 0 Å². The average molecular weight is 404 g/mol. The minimum atomic E-state index is 0.0419. The SMILES string of the molecule is Cc1cccc(-c2noc(CN(C(=O)c3ccc(C)c(C)c3)C3CCCCC3)n2)c1. The van der Waals surface area contributed by atoms with Crippen molar-refractivity contribution >= 4 is 5.91 Å². The van der Waals surface area contributed by atoms with Gasteiger partial charge in [-0.3, -0.25) is 4.79 Å². The molecule has 1 aliphatic carbocycles. The lowest BCUT2D eigenvalue weighted by Crippen LogP contribution is -2.41. The predicted molar refractivity (Wildman–Crippen MR) is 117 cm³/mol. The van der Waals surface area contributed by atoms with Gasteiger partial charge >= 0.3 is 0 Å². The van der Waals surface area contributed by atoms with Crippen molar-refractivity contribution in [3.63, 3.8) is 0 Å². The molecule has 0 saturated heterocycles. The zero-order valence-corrected chi connectivity index (χ0v) is 18.0. The molecule has 156 valence electrons. The normalized spacial score (nSPS) is 14.6. The fourth-order valence-electron chi connectivity index (χ4n) is 4.17. The standard InChI is InChI=1S/C25H29N3O2/c1-17-8-7-9-20(14-17)24-26-23(30-27-24)16-28(22-10-5-4-6-11-22)25(29)21-13-12-18(2)19(3)15-21/h7-9,12-15,22H,4-6,10-11,16H2,1-3H3. The summed E-state index contributed by atoms with van der Waals surface area (Å²) in [6, 6.07) is 14.2. The van der Waals surface area contributed by atoms with E-state index in [0.29, 0.717) is 18.3 Å². The Morgan fingerprint density at radius 2 is 1.83 bits per heavy atom. The van der Waals surface area contributed by atoms with Crippen LogP contribution in [0, 0.1) is 20.8 Å². The monoisotopic (exact) mass is 403 g/mol. The summed E-state index contributed by atoms with van der Waals surface area (Å²) in [4.78, 5) is 20.0. The Morgan fingerprint density at radius 1 is 1.03 bits per heavy atom. The molecule has 1 saturated carbocycles. The van der Waals surface area contributed by atoms with E-state index in [9.17, 15) is 4.79 Å². The van der Waals surface area contributed by atoms with E-state index < -0.39 is 0 Å². The van der Waals surface area contributed by atoms with Crippen molar-refractivity contribution in [1.29, 1.82) is 0 Å². The van der Waals surface area contributed by atoms with Gasteiger partial charge in [0.05, 0.1) is 0 Å². The van der Waals surface area contributed by atoms with Gasteiger partial charge in [0, 0.05) is 17.2 Å². The number of nitrogens with zero attached hydrogens (tertiary/aromatic N) is 3. The number of carbonyl (C=O) groups excluding carboxylic acids is 1. The molecule has 3 aromatic rings. The lowest BCUT2D eigenvalue weighted by Gasteiger charge is -2.33. The second-order valence-electron chi connectivity index (χ2n) is 8.41. The van der Waals surface area contributed by atoms with Gasteiger partial charge in [-0.2, -0.15) is 4.98 Å². The Balaban J connectivity index is 1.60. The number of hydrogen-bond donors (Lipinski definition) is 0. The van der Waals surface area contributed by atoms with Crippen LogP contribution in [0.5, 0.6) is 0 Å². The zero-order valence-electron chi connectivity index (χ0n) is 18.0. The first-order chi connectivity index (χ1) is 14.5. The molecule has 0 radical (unpaired) electrons. The smallest absolute Gasteiger partial charge is 0.254 e. The largest absolute Gasteiger partial charge is 0.337 e. The Hall–Kier alpha value is -2.95. The molecule has 0 unspecified atom stereocenters. The van der Waals surface area contributed by atoms with E-state index >= 15 is 0 Å². The molecule has 1 fully saturated rings. The zero-order chi connectivity index (χ0) is 21.1. The highest BCUT2D eigenvalue weighted by molar-refractivity contribution is 5.94. The van der Waals surface area contributed by atoms with Gasteiger partial charge in [0.2, 0.25) is 11.7 Å². The highest BCUT2D eigenvalue weighted by Gasteiger charge is 2.28. The Bertz CT molecular complexity index is 1030. The van der Waals surface area contributed by atoms with Crippen LogP contribution in [-0.2, 0) is 6.54 Å². The minimum Gasteiger partial charge on any atom is -0.337 e. The van der Waals surface area contributed by atoms with E-state index in [4.69, 9.17) is 4.52 Å². The maximum Gasteiger partial charge on any atom is 0.254 e. The molecule has 5 heteroatoms. The topological polar surface area (TPSA) is 59.2 Å². The summed E-state index contributed by atoms with van der Waals surface area (Å²) in [5, 5.41) is 4.16. The van der Waals surface area contributed by atoms with Crippen LogP contribution in [0.25, 0.3) is 11.4 Å². The highest BCUT2D eigenvalue weighted by Crippen LogP contribution is 2.27. The first kappa shape index (κ1) is 20.3. The molecular weight excluding hydrogens is 374 g/mol. The third-order valence-electron chi connectivity index (χ3n) is 6.08. The predicted octanol–water partition coefficient (Wildman–Crippen LogP) is 5.64. The maximum atomic E-state index is 13.5. The summed E-state index contributed by atoms with van der Waals surface area (Å²) in [6.45, 7) is 6.49. The number of carbonyl (C=O) groups is 1. The molecular formula is C25H29N3O2. The van der Waals surface area contributed by atoms with Gasteiger partial charge in [0.25, 0.3) is 5.91 Å². The fourth-order valence-corrected chi connectivity index (χ4v) is 4.17. The van der Waals surface area contributed by atoms with Crippen LogP contribution < -0.4 is 0 Å². The molecule has 1 amide bonds. The molecule has 1 heterocycles. The number of aryl methyl sites for hydroxylation is 3. The maximum absolute atomic E-state index is 13.5. The summed E-state index contributed by atoms with van der Waals surface area (Å²) >= 11 is 0. The molecule has 1 aliphatic rings. The molecule has 0 spiro atoms. The number of amides is 1. The highest BCUT2D eigenvalue weighted by atomic mass is 16.5. The summed E-state index contributed by atoms with van der Waals surface area (Å²) in [7, 11) is 0. The van der Waals surface area contributed by atoms with E-state index in [0.717, 1.165) is 47.9 Å². The van der Waals surface area contributed by atoms with E-state index in [2.05, 4.69) is 17.1 Å². The number of rotatable bonds is 5. The first-order valence-corrected chi connectivity index (χ1v) is 10.8. The van der Waals surface area contributed by atoms with Crippen molar-refractivity contribution in [2.75, 3.05) is 0 Å². The molecule has 0 N–H and O–H groups in total. The number of hydrogen-bond acceptors (Lipinski definition) is 4. The van der Waals surface area contributed by atoms with Gasteiger partial charge in [-0.1, -0.05) is 54.2 Å². The van der Waals surface area contributed by atoms with Crippen molar-refractivity contribution in [1.82, 2.24) is 15.0 Å². The van der Waals surface area contributed by atoms with Crippen LogP contribution in [0.2, 0.25) is 0 Å². The lowest BCUT2D eigenvalue weighted by atomic mass is 9.93. The molecule has 0 aliphatic heterocycles. The average Bonchev–Trinajstić information content (AvgIpc) is 3.23. The fraction of sp³-hybridized carbons (Fsp3) is 0.400. The van der Waals surface area contributed by atoms with E-state index in [-0.39, 0.29) is 11.9 Å². The third-order valence-corrected chi connectivity index (χ3v) is 6.08. The number of aromatic nitrogens is 2. The van der Waals surface area contributed by atoms with Gasteiger partial charge in [-0.25, -0.2) is 0 Å². The first-order valence-electron chi connectivity index (χ1n) is 10.8. The molecule has 4 rings (SSSR count). The van der Waals surface area contributed by atoms with Crippen LogP contribution >= 0.6 is 0 Å². The van der Waals surface area contributed by atoms with Crippen LogP contribution in [0.15, 0.2) is 47.0 Å². The summed E-state index contributed by atoms with van der Waals surface area (Å²) in [5.74, 6) is 1.09. The molecule has 5 nitrogen and oxygen atoms in total. The van der Waals surface area contributed by atoms with Gasteiger partial charge in [0.15, 0.2) is 0 Å². The minimum absolute atomic E-state index is 0.0419. The molecule has 1 aromatic heterocycles. The molecule has 2 aromatic carbocycles. The molecule has 0 bridgehead atoms. The van der Waals surface area contributed by atoms with Crippen molar-refractivity contribution in [3.05, 3.63) is 70.6 Å². The van der Waals surface area contributed by atoms with Crippen LogP contribution in [0.4, 0.5) is 0 Å². The van der Waals surface area contributed by atoms with Crippen molar-refractivity contribution in [2.24, 2.45) is 0 Å². The van der Waals surface area contributed by atoms with E-state index in [1.807, 2.05) is 61.2 Å². The van der Waals surface area contributed by atoms with E-state index in [1.54, 1.807) is 0 Å². The second-order valence-corrected chi connectivity index (χ2v) is 8.41. The molecule has 30 heavy (non-hydrogen) atoms.